The number of aliphatic hydroxyl groups is 4. The summed E-state index contributed by atoms with van der Waals surface area (Å²) in [6.45, 7) is -0.592. The number of nitro groups is 1. The first kappa shape index (κ1) is 20.6. The van der Waals surface area contributed by atoms with Crippen molar-refractivity contribution in [2.45, 2.75) is 42.3 Å². The van der Waals surface area contributed by atoms with Crippen molar-refractivity contribution in [2.24, 2.45) is 14.7 Å². The van der Waals surface area contributed by atoms with E-state index in [-0.39, 0.29) is 22.8 Å². The molecule has 0 aromatic heterocycles. The van der Waals surface area contributed by atoms with Gasteiger partial charge in [0.1, 0.15) is 0 Å². The molecule has 1 saturated heterocycles. The van der Waals surface area contributed by atoms with Gasteiger partial charge in [0, 0.05) is 0 Å². The van der Waals surface area contributed by atoms with E-state index < -0.39 is 56.3 Å². The first-order valence-electron chi connectivity index (χ1n) is 7.55. The van der Waals surface area contributed by atoms with Crippen molar-refractivity contribution in [1.82, 2.24) is 0 Å². The second-order valence-corrected chi connectivity index (χ2v) is 9.46. The Balaban J connectivity index is 2.43. The molecule has 0 aromatic carbocycles. The number of rotatable bonds is 4. The molecule has 1 radical (unpaired) electrons. The predicted octanol–water partition coefficient (Wildman–Crippen LogP) is -2.06. The molecule has 1 unspecified atom stereocenters. The number of hydrogen-bond donors (Lipinski definition) is 5. The van der Waals surface area contributed by atoms with Gasteiger partial charge in [0.15, 0.2) is 0 Å². The van der Waals surface area contributed by atoms with E-state index in [9.17, 15) is 25.4 Å². The van der Waals surface area contributed by atoms with Crippen molar-refractivity contribution in [3.8, 4) is 0 Å². The Kier molecular flexibility index (Phi) is 6.63. The Bertz CT molecular complexity index is 691. The summed E-state index contributed by atoms with van der Waals surface area (Å²) >= 11 is -1.46. The number of allylic oxidation sites excluding steroid dienone is 3. The van der Waals surface area contributed by atoms with Gasteiger partial charge in [0.25, 0.3) is 0 Å². The maximum atomic E-state index is 11.1. The van der Waals surface area contributed by atoms with Crippen molar-refractivity contribution in [3.05, 3.63) is 33.7 Å². The van der Waals surface area contributed by atoms with Crippen molar-refractivity contribution >= 4 is 25.5 Å². The zero-order chi connectivity index (χ0) is 19.6. The molecule has 26 heavy (non-hydrogen) atoms. The van der Waals surface area contributed by atoms with E-state index in [1.165, 1.54) is 6.08 Å². The molecule has 12 heteroatoms. The Hall–Kier alpha value is -1.66. The number of ether oxygens (including phenoxy) is 1. The summed E-state index contributed by atoms with van der Waals surface area (Å²) in [5, 5.41) is 50.4. The topological polar surface area (TPSA) is 184 Å². The summed E-state index contributed by atoms with van der Waals surface area (Å²) in [6, 6.07) is -1.28. The van der Waals surface area contributed by atoms with E-state index in [2.05, 4.69) is 9.00 Å². The Morgan fingerprint density at radius 1 is 1.31 bits per heavy atom. The van der Waals surface area contributed by atoms with Gasteiger partial charge in [0.05, 0.1) is 0 Å². The van der Waals surface area contributed by atoms with Gasteiger partial charge in [-0.25, -0.2) is 0 Å². The molecule has 0 saturated carbocycles. The number of aliphatic imine (C=N–C) groups is 1. The molecule has 1 aliphatic carbocycles. The van der Waals surface area contributed by atoms with Gasteiger partial charge in [-0.1, -0.05) is 0 Å². The van der Waals surface area contributed by atoms with E-state index in [0.29, 0.717) is 0 Å². The van der Waals surface area contributed by atoms with Crippen LogP contribution in [0.5, 0.6) is 0 Å². The van der Waals surface area contributed by atoms with Crippen LogP contribution in [0.2, 0.25) is 11.6 Å². The van der Waals surface area contributed by atoms with E-state index in [4.69, 9.17) is 15.6 Å². The van der Waals surface area contributed by atoms with Gasteiger partial charge in [-0.05, 0) is 0 Å². The van der Waals surface area contributed by atoms with E-state index in [1.807, 2.05) is 11.6 Å². The quantitative estimate of drug-likeness (QED) is 0.144. The zero-order valence-electron chi connectivity index (χ0n) is 14.1. The van der Waals surface area contributed by atoms with Gasteiger partial charge >= 0.3 is 153 Å². The number of hydrogen-bond acceptors (Lipinski definition) is 10. The minimum atomic E-state index is -1.59. The third-order valence-corrected chi connectivity index (χ3v) is 4.95. The van der Waals surface area contributed by atoms with Crippen LogP contribution in [-0.2, 0) is 4.74 Å². The number of aliphatic hydroxyl groups excluding tert-OH is 4. The second kappa shape index (κ2) is 8.35. The minimum absolute atomic E-state index is 0.104. The first-order chi connectivity index (χ1) is 12.2. The molecule has 2 rings (SSSR count). The summed E-state index contributed by atoms with van der Waals surface area (Å²) in [6.07, 6.45) is -3.26. The molecular formula is C14H21N4O7Se. The first-order valence-corrected chi connectivity index (χ1v) is 11.7. The van der Waals surface area contributed by atoms with Crippen LogP contribution in [0.3, 0.4) is 0 Å². The molecule has 6 N–H and O–H groups in total. The Morgan fingerprint density at radius 2 is 1.96 bits per heavy atom. The number of nitrogens with zero attached hydrogens (tertiary/aromatic N) is 3. The van der Waals surface area contributed by atoms with Gasteiger partial charge in [0.2, 0.25) is 0 Å². The summed E-state index contributed by atoms with van der Waals surface area (Å²) < 4.78 is 9.42. The molecule has 1 aliphatic heterocycles. The van der Waals surface area contributed by atoms with Crippen LogP contribution in [0.15, 0.2) is 32.5 Å². The van der Waals surface area contributed by atoms with E-state index >= 15 is 0 Å². The fraction of sp³-hybridized carbons (Fsp3) is 0.571. The van der Waals surface area contributed by atoms with Gasteiger partial charge < -0.3 is 0 Å². The molecule has 0 amide bonds. The molecule has 0 aromatic rings. The van der Waals surface area contributed by atoms with Crippen molar-refractivity contribution in [1.29, 1.82) is 0 Å². The molecule has 0 spiro atoms. The molecule has 1 heterocycles. The van der Waals surface area contributed by atoms with Crippen LogP contribution in [0.1, 0.15) is 0 Å². The molecule has 1 fully saturated rings. The average molecular weight is 436 g/mol. The molecule has 11 nitrogen and oxygen atoms in total. The SMILES string of the molecule is C[Se](C)/N=C1/C(=N[C@H]2C(O)O[C@H](CO)[C@@H](O)[C@@H]2O)C=CC([N+](=O)[O-])=C1N. The van der Waals surface area contributed by atoms with Crippen LogP contribution >= 0.6 is 0 Å². The fourth-order valence-electron chi connectivity index (χ4n) is 2.51. The third-order valence-electron chi connectivity index (χ3n) is 3.80. The number of nitrogens with two attached hydrogens (primary N) is 1. The summed E-state index contributed by atoms with van der Waals surface area (Å²) in [5.41, 5.74) is 5.61. The van der Waals surface area contributed by atoms with Crippen LogP contribution in [0.25, 0.3) is 0 Å². The van der Waals surface area contributed by atoms with Crippen LogP contribution in [-0.4, -0.2) is 88.1 Å². The van der Waals surface area contributed by atoms with Crippen LogP contribution < -0.4 is 5.73 Å². The molecule has 145 valence electrons. The van der Waals surface area contributed by atoms with Gasteiger partial charge in [-0.15, -0.1) is 0 Å². The summed E-state index contributed by atoms with van der Waals surface area (Å²) in [5.74, 6) is 3.73. The van der Waals surface area contributed by atoms with Crippen molar-refractivity contribution in [2.75, 3.05) is 6.61 Å². The monoisotopic (exact) mass is 437 g/mol. The molecule has 2 aliphatic rings. The molecular weight excluding hydrogens is 415 g/mol. The van der Waals surface area contributed by atoms with Crippen LogP contribution in [0.4, 0.5) is 0 Å². The molecule has 0 bridgehead atoms. The third kappa shape index (κ3) is 4.18. The Labute approximate surface area is 153 Å². The summed E-state index contributed by atoms with van der Waals surface area (Å²) in [7, 11) is 0. The van der Waals surface area contributed by atoms with E-state index in [1.54, 1.807) is 0 Å². The van der Waals surface area contributed by atoms with E-state index in [0.717, 1.165) is 6.08 Å². The second-order valence-electron chi connectivity index (χ2n) is 5.84. The Morgan fingerprint density at radius 3 is 2.50 bits per heavy atom. The average Bonchev–Trinajstić information content (AvgIpc) is 2.57. The zero-order valence-corrected chi connectivity index (χ0v) is 15.8. The molecule has 5 atom stereocenters. The van der Waals surface area contributed by atoms with Crippen LogP contribution in [0, 0.1) is 10.1 Å². The van der Waals surface area contributed by atoms with Gasteiger partial charge in [-0.3, -0.25) is 0 Å². The van der Waals surface area contributed by atoms with Crippen molar-refractivity contribution < 1.29 is 30.1 Å². The predicted molar refractivity (Wildman–Crippen MR) is 93.5 cm³/mol. The summed E-state index contributed by atoms with van der Waals surface area (Å²) in [4.78, 5) is 14.6. The standard InChI is InChI=1S/C14H21N4O7Se/c1-26(2)17-10-6(3-4-7(9(10)15)18(23)24)16-11-13(21)12(20)8(5-19)25-14(11)22/h3-4,8,11-14,19-22H,5,15H2,1-2H3/b16-6?,17-10-/t8-,11-,12-,13-,14?/m1/s1. The normalized spacial score (nSPS) is 35.6. The van der Waals surface area contributed by atoms with Crippen molar-refractivity contribution in [3.63, 3.8) is 0 Å². The fourth-order valence-corrected chi connectivity index (χ4v) is 3.68. The van der Waals surface area contributed by atoms with Gasteiger partial charge in [-0.2, -0.15) is 0 Å². The maximum absolute atomic E-state index is 11.1.